The number of carbonyl (C=O) groups is 2. The lowest BCUT2D eigenvalue weighted by Gasteiger charge is -2.32. The number of nitrogens with zero attached hydrogens (tertiary/aromatic N) is 1. The fourth-order valence-electron chi connectivity index (χ4n) is 1.55. The second-order valence-corrected chi connectivity index (χ2v) is 5.05. The maximum Gasteiger partial charge on any atom is 0.422 e. The summed E-state index contributed by atoms with van der Waals surface area (Å²) in [5, 5.41) is 10.4. The molecule has 0 saturated carbocycles. The van der Waals surface area contributed by atoms with Gasteiger partial charge in [-0.25, -0.2) is 9.59 Å². The standard InChI is InChI=1S/C13H23F3N2O3/c1-4-6-8-18(9-7-5-2)11(21)17-12(3,10(19)20)13(14,15)16/h4-9H2,1-3H3,(H,17,21)(H,19,20). The molecule has 2 amide bonds. The molecule has 0 aromatic carbocycles. The molecule has 0 bridgehead atoms. The maximum atomic E-state index is 12.9. The lowest BCUT2D eigenvalue weighted by Crippen LogP contribution is -2.64. The molecule has 0 fully saturated rings. The van der Waals surface area contributed by atoms with Crippen molar-refractivity contribution in [1.29, 1.82) is 0 Å². The molecular weight excluding hydrogens is 289 g/mol. The van der Waals surface area contributed by atoms with Crippen LogP contribution in [0.5, 0.6) is 0 Å². The Kier molecular flexibility index (Phi) is 7.52. The van der Waals surface area contributed by atoms with E-state index in [9.17, 15) is 22.8 Å². The van der Waals surface area contributed by atoms with Crippen LogP contribution < -0.4 is 5.32 Å². The fraction of sp³-hybridized carbons (Fsp3) is 0.846. The van der Waals surface area contributed by atoms with Crippen molar-refractivity contribution in [2.45, 2.75) is 58.2 Å². The van der Waals surface area contributed by atoms with Crippen molar-refractivity contribution >= 4 is 12.0 Å². The number of urea groups is 1. The highest BCUT2D eigenvalue weighted by Crippen LogP contribution is 2.30. The van der Waals surface area contributed by atoms with Crippen LogP contribution in [0.25, 0.3) is 0 Å². The van der Waals surface area contributed by atoms with E-state index in [2.05, 4.69) is 0 Å². The van der Waals surface area contributed by atoms with Gasteiger partial charge in [-0.2, -0.15) is 13.2 Å². The van der Waals surface area contributed by atoms with E-state index in [0.717, 1.165) is 12.8 Å². The second-order valence-electron chi connectivity index (χ2n) is 5.05. The molecule has 21 heavy (non-hydrogen) atoms. The number of carboxylic acids is 1. The summed E-state index contributed by atoms with van der Waals surface area (Å²) in [6, 6.07) is -1.00. The Labute approximate surface area is 122 Å². The van der Waals surface area contributed by atoms with Gasteiger partial charge in [0.15, 0.2) is 0 Å². The summed E-state index contributed by atoms with van der Waals surface area (Å²) in [5.41, 5.74) is -3.29. The molecule has 5 nitrogen and oxygen atoms in total. The van der Waals surface area contributed by atoms with Crippen molar-refractivity contribution < 1.29 is 27.9 Å². The third kappa shape index (κ3) is 5.43. The average molecular weight is 312 g/mol. The zero-order valence-electron chi connectivity index (χ0n) is 12.6. The van der Waals surface area contributed by atoms with Crippen LogP contribution in [0.1, 0.15) is 46.5 Å². The molecule has 0 aliphatic carbocycles. The summed E-state index contributed by atoms with van der Waals surface area (Å²) in [4.78, 5) is 24.1. The van der Waals surface area contributed by atoms with Crippen molar-refractivity contribution in [1.82, 2.24) is 10.2 Å². The number of carboxylic acid groups (broad SMARTS) is 1. The minimum Gasteiger partial charge on any atom is -0.479 e. The van der Waals surface area contributed by atoms with Crippen LogP contribution in [0.15, 0.2) is 0 Å². The van der Waals surface area contributed by atoms with Gasteiger partial charge in [-0.05, 0) is 19.8 Å². The van der Waals surface area contributed by atoms with Gasteiger partial charge < -0.3 is 15.3 Å². The minimum atomic E-state index is -5.07. The molecule has 0 aromatic heterocycles. The van der Waals surface area contributed by atoms with Gasteiger partial charge in [0.25, 0.3) is 0 Å². The predicted molar refractivity (Wildman–Crippen MR) is 72.0 cm³/mol. The van der Waals surface area contributed by atoms with E-state index in [1.165, 1.54) is 4.90 Å². The number of hydrogen-bond donors (Lipinski definition) is 2. The van der Waals surface area contributed by atoms with Crippen molar-refractivity contribution in [3.63, 3.8) is 0 Å². The molecule has 0 saturated heterocycles. The SMILES string of the molecule is CCCCN(CCCC)C(=O)NC(C)(C(=O)O)C(F)(F)F. The topological polar surface area (TPSA) is 69.6 Å². The lowest BCUT2D eigenvalue weighted by molar-refractivity contribution is -0.203. The highest BCUT2D eigenvalue weighted by Gasteiger charge is 2.58. The van der Waals surface area contributed by atoms with Crippen LogP contribution in [0, 0.1) is 0 Å². The smallest absolute Gasteiger partial charge is 0.422 e. The first-order chi connectivity index (χ1) is 9.60. The summed E-state index contributed by atoms with van der Waals surface area (Å²) in [6.45, 7) is 4.84. The first-order valence-corrected chi connectivity index (χ1v) is 6.97. The van der Waals surface area contributed by atoms with Gasteiger partial charge in [0.2, 0.25) is 5.54 Å². The molecule has 124 valence electrons. The Morgan fingerprint density at radius 2 is 1.52 bits per heavy atom. The predicted octanol–water partition coefficient (Wildman–Crippen LogP) is 3.00. The summed E-state index contributed by atoms with van der Waals surface area (Å²) in [5.74, 6) is -2.13. The van der Waals surface area contributed by atoms with Gasteiger partial charge in [0.05, 0.1) is 0 Å². The van der Waals surface area contributed by atoms with Gasteiger partial charge in [-0.3, -0.25) is 0 Å². The van der Waals surface area contributed by atoms with E-state index in [4.69, 9.17) is 5.11 Å². The molecule has 2 N–H and O–H groups in total. The zero-order chi connectivity index (χ0) is 16.7. The zero-order valence-corrected chi connectivity index (χ0v) is 12.6. The molecule has 8 heteroatoms. The Morgan fingerprint density at radius 1 is 1.10 bits per heavy atom. The first kappa shape index (κ1) is 19.5. The monoisotopic (exact) mass is 312 g/mol. The second kappa shape index (κ2) is 8.09. The number of alkyl halides is 3. The number of hydrogen-bond acceptors (Lipinski definition) is 2. The number of unbranched alkanes of at least 4 members (excludes halogenated alkanes) is 2. The summed E-state index contributed by atoms with van der Waals surface area (Å²) in [6.07, 6.45) is -2.22. The van der Waals surface area contributed by atoms with Crippen LogP contribution in [0.2, 0.25) is 0 Å². The largest absolute Gasteiger partial charge is 0.479 e. The number of aliphatic carboxylic acids is 1. The van der Waals surface area contributed by atoms with Gasteiger partial charge in [0.1, 0.15) is 0 Å². The fourth-order valence-corrected chi connectivity index (χ4v) is 1.55. The number of nitrogens with one attached hydrogen (secondary N) is 1. The molecule has 1 atom stereocenters. The highest BCUT2D eigenvalue weighted by molar-refractivity contribution is 5.86. The van der Waals surface area contributed by atoms with Crippen LogP contribution in [-0.2, 0) is 4.79 Å². The van der Waals surface area contributed by atoms with Crippen molar-refractivity contribution in [3.05, 3.63) is 0 Å². The molecule has 1 unspecified atom stereocenters. The lowest BCUT2D eigenvalue weighted by atomic mass is 10.0. The Morgan fingerprint density at radius 3 is 1.81 bits per heavy atom. The Hall–Kier alpha value is -1.47. The van der Waals surface area contributed by atoms with Crippen molar-refractivity contribution in [2.75, 3.05) is 13.1 Å². The van der Waals surface area contributed by atoms with Crippen LogP contribution in [0.4, 0.5) is 18.0 Å². The van der Waals surface area contributed by atoms with Crippen molar-refractivity contribution in [3.8, 4) is 0 Å². The molecule has 0 radical (unpaired) electrons. The van der Waals surface area contributed by atoms with Gasteiger partial charge in [-0.15, -0.1) is 0 Å². The van der Waals surface area contributed by atoms with Crippen LogP contribution >= 0.6 is 0 Å². The van der Waals surface area contributed by atoms with Gasteiger partial charge >= 0.3 is 18.2 Å². The molecule has 0 aromatic rings. The minimum absolute atomic E-state index is 0.301. The molecule has 0 aliphatic rings. The van der Waals surface area contributed by atoms with Crippen LogP contribution in [-0.4, -0.2) is 46.8 Å². The normalized spacial score (nSPS) is 14.4. The quantitative estimate of drug-likeness (QED) is 0.724. The summed E-state index contributed by atoms with van der Waals surface area (Å²) in [7, 11) is 0. The summed E-state index contributed by atoms with van der Waals surface area (Å²) < 4.78 is 38.6. The molecule has 0 aliphatic heterocycles. The molecular formula is C13H23F3N2O3. The third-order valence-corrected chi connectivity index (χ3v) is 3.20. The van der Waals surface area contributed by atoms with E-state index in [1.54, 1.807) is 5.32 Å². The third-order valence-electron chi connectivity index (χ3n) is 3.20. The Bertz CT molecular complexity index is 353. The molecule has 0 heterocycles. The number of carbonyl (C=O) groups excluding carboxylic acids is 1. The maximum absolute atomic E-state index is 12.9. The first-order valence-electron chi connectivity index (χ1n) is 6.97. The number of amides is 2. The van der Waals surface area contributed by atoms with E-state index in [1.807, 2.05) is 13.8 Å². The number of halogens is 3. The highest BCUT2D eigenvalue weighted by atomic mass is 19.4. The summed E-state index contributed by atoms with van der Waals surface area (Å²) >= 11 is 0. The van der Waals surface area contributed by atoms with Gasteiger partial charge in [0, 0.05) is 13.1 Å². The van der Waals surface area contributed by atoms with E-state index in [0.29, 0.717) is 32.9 Å². The van der Waals surface area contributed by atoms with E-state index in [-0.39, 0.29) is 0 Å². The van der Waals surface area contributed by atoms with Crippen molar-refractivity contribution in [2.24, 2.45) is 0 Å². The van der Waals surface area contributed by atoms with Crippen LogP contribution in [0.3, 0.4) is 0 Å². The molecule has 0 rings (SSSR count). The number of rotatable bonds is 8. The van der Waals surface area contributed by atoms with E-state index >= 15 is 0 Å². The van der Waals surface area contributed by atoms with Gasteiger partial charge in [-0.1, -0.05) is 26.7 Å². The Balaban J connectivity index is 5.03. The average Bonchev–Trinajstić information content (AvgIpc) is 2.37. The van der Waals surface area contributed by atoms with E-state index < -0.39 is 23.7 Å². The molecule has 0 spiro atoms.